The van der Waals surface area contributed by atoms with Gasteiger partial charge in [-0.1, -0.05) is 15.9 Å². The second-order valence-corrected chi connectivity index (χ2v) is 7.01. The number of hydrogen-bond acceptors (Lipinski definition) is 5. The van der Waals surface area contributed by atoms with Gasteiger partial charge in [0.05, 0.1) is 5.69 Å². The predicted octanol–water partition coefficient (Wildman–Crippen LogP) is 1.72. The van der Waals surface area contributed by atoms with E-state index in [9.17, 15) is 8.42 Å². The Balaban J connectivity index is 2.49. The van der Waals surface area contributed by atoms with Gasteiger partial charge < -0.3 is 5.73 Å². The normalized spacial score (nSPS) is 11.5. The largest absolute Gasteiger partial charge is 0.398 e. The van der Waals surface area contributed by atoms with E-state index in [-0.39, 0.29) is 16.5 Å². The van der Waals surface area contributed by atoms with Crippen molar-refractivity contribution in [3.8, 4) is 0 Å². The molecule has 0 atom stereocenters. The summed E-state index contributed by atoms with van der Waals surface area (Å²) in [6, 6.07) is 3.11. The molecule has 0 saturated heterocycles. The minimum Gasteiger partial charge on any atom is -0.398 e. The van der Waals surface area contributed by atoms with Crippen LogP contribution in [0.25, 0.3) is 0 Å². The summed E-state index contributed by atoms with van der Waals surface area (Å²) >= 11 is 6.42. The van der Waals surface area contributed by atoms with Crippen LogP contribution < -0.4 is 10.5 Å². The number of halogens is 2. The van der Waals surface area contributed by atoms with Crippen molar-refractivity contribution >= 4 is 53.5 Å². The van der Waals surface area contributed by atoms with Crippen molar-refractivity contribution in [1.29, 1.82) is 0 Å². The van der Waals surface area contributed by atoms with E-state index >= 15 is 0 Å². The minimum atomic E-state index is -3.85. The molecule has 3 N–H and O–H groups in total. The number of nitrogens with two attached hydrogens (primary N) is 1. The number of nitrogen functional groups attached to an aromatic ring is 1. The Labute approximate surface area is 126 Å². The van der Waals surface area contributed by atoms with Crippen molar-refractivity contribution in [2.24, 2.45) is 7.05 Å². The second kappa shape index (κ2) is 5.10. The van der Waals surface area contributed by atoms with Gasteiger partial charge in [0.2, 0.25) is 5.95 Å². The fourth-order valence-electron chi connectivity index (χ4n) is 1.42. The van der Waals surface area contributed by atoms with Crippen molar-refractivity contribution in [3.05, 3.63) is 27.4 Å². The lowest BCUT2D eigenvalue weighted by Gasteiger charge is -2.11. The van der Waals surface area contributed by atoms with E-state index in [4.69, 9.17) is 5.73 Å². The molecule has 0 bridgehead atoms. The summed E-state index contributed by atoms with van der Waals surface area (Å²) < 4.78 is 29.2. The van der Waals surface area contributed by atoms with Gasteiger partial charge in [0.15, 0.2) is 0 Å². The SMILES string of the molecule is Cn1ncnc1NS(=O)(=O)c1c(N)cc(Br)cc1Br. The van der Waals surface area contributed by atoms with Crippen molar-refractivity contribution in [2.45, 2.75) is 4.90 Å². The minimum absolute atomic E-state index is 0.0429. The molecule has 0 fully saturated rings. The number of nitrogens with one attached hydrogen (secondary N) is 1. The van der Waals surface area contributed by atoms with Crippen LogP contribution in [0.5, 0.6) is 0 Å². The molecule has 0 aliphatic heterocycles. The summed E-state index contributed by atoms with van der Waals surface area (Å²) in [6.45, 7) is 0. The average Bonchev–Trinajstić information content (AvgIpc) is 2.61. The van der Waals surface area contributed by atoms with E-state index < -0.39 is 10.0 Å². The van der Waals surface area contributed by atoms with Gasteiger partial charge in [-0.25, -0.2) is 17.8 Å². The molecule has 1 aromatic carbocycles. The van der Waals surface area contributed by atoms with Crippen LogP contribution in [-0.4, -0.2) is 23.2 Å². The highest BCUT2D eigenvalue weighted by atomic mass is 79.9. The van der Waals surface area contributed by atoms with Crippen molar-refractivity contribution in [1.82, 2.24) is 14.8 Å². The topological polar surface area (TPSA) is 103 Å². The van der Waals surface area contributed by atoms with Gasteiger partial charge in [0.1, 0.15) is 11.2 Å². The lowest BCUT2D eigenvalue weighted by Crippen LogP contribution is -2.18. The van der Waals surface area contributed by atoms with Gasteiger partial charge in [-0.05, 0) is 28.1 Å². The molecule has 7 nitrogen and oxygen atoms in total. The molecule has 19 heavy (non-hydrogen) atoms. The van der Waals surface area contributed by atoms with E-state index in [1.165, 1.54) is 17.1 Å². The molecule has 10 heteroatoms. The van der Waals surface area contributed by atoms with Gasteiger partial charge in [-0.15, -0.1) is 0 Å². The highest BCUT2D eigenvalue weighted by Crippen LogP contribution is 2.32. The van der Waals surface area contributed by atoms with Crippen LogP contribution in [-0.2, 0) is 17.1 Å². The molecule has 2 aromatic rings. The Morgan fingerprint density at radius 1 is 1.37 bits per heavy atom. The molecular weight excluding hydrogens is 402 g/mol. The molecule has 1 aromatic heterocycles. The summed E-state index contributed by atoms with van der Waals surface area (Å²) in [5.74, 6) is 0.106. The fourth-order valence-corrected chi connectivity index (χ4v) is 4.53. The number of anilines is 2. The molecule has 0 spiro atoms. The summed E-state index contributed by atoms with van der Waals surface area (Å²) in [5.41, 5.74) is 5.87. The third kappa shape index (κ3) is 2.90. The highest BCUT2D eigenvalue weighted by molar-refractivity contribution is 9.11. The van der Waals surface area contributed by atoms with Crippen molar-refractivity contribution < 1.29 is 8.42 Å². The van der Waals surface area contributed by atoms with E-state index in [2.05, 4.69) is 46.7 Å². The van der Waals surface area contributed by atoms with E-state index in [0.29, 0.717) is 8.95 Å². The van der Waals surface area contributed by atoms with Crippen LogP contribution >= 0.6 is 31.9 Å². The molecule has 2 rings (SSSR count). The Hall–Kier alpha value is -1.13. The van der Waals surface area contributed by atoms with E-state index in [0.717, 1.165) is 0 Å². The Morgan fingerprint density at radius 3 is 2.58 bits per heavy atom. The highest BCUT2D eigenvalue weighted by Gasteiger charge is 2.23. The molecule has 0 aliphatic rings. The second-order valence-electron chi connectivity index (χ2n) is 3.62. The number of benzene rings is 1. The molecule has 0 radical (unpaired) electrons. The van der Waals surface area contributed by atoms with Crippen LogP contribution in [0.1, 0.15) is 0 Å². The number of rotatable bonds is 3. The zero-order valence-corrected chi connectivity index (χ0v) is 13.6. The standard InChI is InChI=1S/C9H9Br2N5O2S/c1-16-9(13-4-14-16)15-19(17,18)8-6(11)2-5(10)3-7(8)12/h2-4H,12H2,1H3,(H,13,14,15). The molecular formula is C9H9Br2N5O2S. The third-order valence-corrected chi connectivity index (χ3v) is 5.03. The van der Waals surface area contributed by atoms with E-state index in [1.807, 2.05) is 0 Å². The van der Waals surface area contributed by atoms with Crippen molar-refractivity contribution in [3.63, 3.8) is 0 Å². The summed E-state index contributed by atoms with van der Waals surface area (Å²) in [5, 5.41) is 3.78. The molecule has 102 valence electrons. The summed E-state index contributed by atoms with van der Waals surface area (Å²) in [7, 11) is -2.28. The maximum absolute atomic E-state index is 12.3. The molecule has 0 unspecified atom stereocenters. The van der Waals surface area contributed by atoms with Gasteiger partial charge >= 0.3 is 0 Å². The first kappa shape index (κ1) is 14.3. The summed E-state index contributed by atoms with van der Waals surface area (Å²) in [4.78, 5) is 3.76. The van der Waals surface area contributed by atoms with Gasteiger partial charge in [0.25, 0.3) is 10.0 Å². The number of nitrogens with zero attached hydrogens (tertiary/aromatic N) is 3. The van der Waals surface area contributed by atoms with Crippen LogP contribution in [0.4, 0.5) is 11.6 Å². The maximum Gasteiger partial charge on any atom is 0.267 e. The number of sulfonamides is 1. The Kier molecular flexibility index (Phi) is 3.83. The lowest BCUT2D eigenvalue weighted by molar-refractivity contribution is 0.600. The van der Waals surface area contributed by atoms with Gasteiger partial charge in [-0.3, -0.25) is 0 Å². The quantitative estimate of drug-likeness (QED) is 0.750. The first-order valence-corrected chi connectivity index (χ1v) is 7.99. The first-order chi connectivity index (χ1) is 8.81. The third-order valence-electron chi connectivity index (χ3n) is 2.24. The fraction of sp³-hybridized carbons (Fsp3) is 0.111. The molecule has 0 amide bonds. The Bertz CT molecular complexity index is 705. The zero-order chi connectivity index (χ0) is 14.2. The monoisotopic (exact) mass is 409 g/mol. The Morgan fingerprint density at radius 2 is 2.05 bits per heavy atom. The molecule has 1 heterocycles. The average molecular weight is 411 g/mol. The molecule has 0 aliphatic carbocycles. The lowest BCUT2D eigenvalue weighted by atomic mass is 10.3. The number of aromatic nitrogens is 3. The van der Waals surface area contributed by atoms with Crippen LogP contribution in [0.2, 0.25) is 0 Å². The number of aryl methyl sites for hydroxylation is 1. The van der Waals surface area contributed by atoms with Crippen LogP contribution in [0, 0.1) is 0 Å². The predicted molar refractivity (Wildman–Crippen MR) is 78.1 cm³/mol. The zero-order valence-electron chi connectivity index (χ0n) is 9.63. The van der Waals surface area contributed by atoms with Gasteiger partial charge in [-0.2, -0.15) is 10.1 Å². The van der Waals surface area contributed by atoms with Gasteiger partial charge in [0, 0.05) is 16.0 Å². The maximum atomic E-state index is 12.3. The smallest absolute Gasteiger partial charge is 0.267 e. The number of hydrogen-bond donors (Lipinski definition) is 2. The first-order valence-electron chi connectivity index (χ1n) is 4.92. The molecule has 0 saturated carbocycles. The van der Waals surface area contributed by atoms with Crippen LogP contribution in [0.15, 0.2) is 32.3 Å². The van der Waals surface area contributed by atoms with Crippen LogP contribution in [0.3, 0.4) is 0 Å². The van der Waals surface area contributed by atoms with Crippen molar-refractivity contribution in [2.75, 3.05) is 10.5 Å². The summed E-state index contributed by atoms with van der Waals surface area (Å²) in [6.07, 6.45) is 1.25. The van der Waals surface area contributed by atoms with E-state index in [1.54, 1.807) is 13.1 Å².